The molecule has 2 heterocycles. The lowest BCUT2D eigenvalue weighted by Gasteiger charge is -2.28. The van der Waals surface area contributed by atoms with Crippen molar-refractivity contribution in [1.82, 2.24) is 10.6 Å². The predicted molar refractivity (Wildman–Crippen MR) is 259 cm³/mol. The van der Waals surface area contributed by atoms with Crippen LogP contribution in [0.25, 0.3) is 0 Å². The van der Waals surface area contributed by atoms with Gasteiger partial charge in [-0.1, -0.05) is 76.2 Å². The average molecular weight is 933 g/mol. The molecule has 0 fully saturated rings. The van der Waals surface area contributed by atoms with Gasteiger partial charge in [0.25, 0.3) is 0 Å². The second-order valence-electron chi connectivity index (χ2n) is 17.5. The Morgan fingerprint density at radius 3 is 1.35 bits per heavy atom. The summed E-state index contributed by atoms with van der Waals surface area (Å²) >= 11 is 0. The van der Waals surface area contributed by atoms with Crippen molar-refractivity contribution in [1.29, 1.82) is 0 Å². The highest BCUT2D eigenvalue weighted by Gasteiger charge is 2.26. The lowest BCUT2D eigenvalue weighted by Crippen LogP contribution is -2.30. The number of ether oxygens (including phenoxy) is 4. The van der Waals surface area contributed by atoms with Gasteiger partial charge in [-0.2, -0.15) is 0 Å². The number of hydrogen-bond donors (Lipinski definition) is 7. The van der Waals surface area contributed by atoms with E-state index in [1.54, 1.807) is 30.7 Å². The summed E-state index contributed by atoms with van der Waals surface area (Å²) in [5.41, 5.74) is 4.92. The number of benzene rings is 4. The number of esters is 2. The fourth-order valence-corrected chi connectivity index (χ4v) is 7.22. The minimum atomic E-state index is -1.01. The summed E-state index contributed by atoms with van der Waals surface area (Å²) in [5, 5.41) is 44.4. The molecule has 3 unspecified atom stereocenters. The maximum Gasteiger partial charge on any atom is 0.320 e. The second kappa shape index (κ2) is 24.9. The van der Waals surface area contributed by atoms with Crippen LogP contribution in [-0.4, -0.2) is 98.2 Å². The fraction of sp³-hybridized carbons (Fsp3) is 0.358. The molecule has 7 N–H and O–H groups in total. The predicted octanol–water partition coefficient (Wildman–Crippen LogP) is 6.55. The molecule has 15 nitrogen and oxygen atoms in total. The zero-order chi connectivity index (χ0) is 48.4. The number of hydrogen-bond acceptors (Lipinski definition) is 15. The largest absolute Gasteiger partial charge is 0.491 e. The van der Waals surface area contributed by atoms with E-state index in [4.69, 9.17) is 27.8 Å². The Morgan fingerprint density at radius 2 is 0.912 bits per heavy atom. The summed E-state index contributed by atoms with van der Waals surface area (Å²) in [7, 11) is 0. The van der Waals surface area contributed by atoms with Crippen LogP contribution in [0.3, 0.4) is 0 Å². The fourth-order valence-electron chi connectivity index (χ4n) is 7.22. The summed E-state index contributed by atoms with van der Waals surface area (Å²) in [6.45, 7) is 9.42. The van der Waals surface area contributed by atoms with Crippen LogP contribution >= 0.6 is 0 Å². The molecular weight excluding hydrogens is 869 g/mol. The molecule has 2 aromatic heterocycles. The minimum absolute atomic E-state index is 0.00158. The SMILES string of the molecule is CC(C)(c1cccc(NCC(O)COC(=O)CNCc2ccco2)c1)c1cccc(OCC(O)CNc2cccc(C(C)(C)c3cccc(OCC(O)COC(=O)CNCc4ccco4)c3)c2)c1. The van der Waals surface area contributed by atoms with E-state index in [0.717, 1.165) is 33.6 Å². The Kier molecular flexibility index (Phi) is 18.6. The van der Waals surface area contributed by atoms with Gasteiger partial charge < -0.3 is 53.7 Å². The Labute approximate surface area is 397 Å². The van der Waals surface area contributed by atoms with E-state index in [0.29, 0.717) is 36.1 Å². The first-order valence-electron chi connectivity index (χ1n) is 22.7. The van der Waals surface area contributed by atoms with E-state index < -0.39 is 41.1 Å². The first-order valence-corrected chi connectivity index (χ1v) is 22.7. The third-order valence-electron chi connectivity index (χ3n) is 11.4. The molecule has 0 saturated carbocycles. The first-order chi connectivity index (χ1) is 32.7. The third kappa shape index (κ3) is 15.7. The van der Waals surface area contributed by atoms with Gasteiger partial charge in [0, 0.05) is 35.3 Å². The Hall–Kier alpha value is -6.62. The standard InChI is InChI=1S/C53H64N4O11/c1-52(2,38-12-6-16-42(24-38)57-28-44(59)34-67-50(61)31-54-29-48-19-9-21-63-48)39-13-7-17-46(25-39)65-33-43(58)27-56-41-15-5-11-37(23-41)53(3,4)40-14-8-18-47(26-40)66-35-45(60)36-68-51(62)32-55-30-49-20-10-22-64-49/h5-26,43-45,54-60H,27-36H2,1-4H3. The van der Waals surface area contributed by atoms with Crippen LogP contribution in [0.4, 0.5) is 11.4 Å². The van der Waals surface area contributed by atoms with Crippen LogP contribution in [0.5, 0.6) is 11.5 Å². The highest BCUT2D eigenvalue weighted by molar-refractivity contribution is 5.72. The second-order valence-corrected chi connectivity index (χ2v) is 17.5. The van der Waals surface area contributed by atoms with Crippen LogP contribution < -0.4 is 30.7 Å². The maximum atomic E-state index is 12.1. The summed E-state index contributed by atoms with van der Waals surface area (Å²) < 4.78 is 32.8. The molecule has 0 radical (unpaired) electrons. The summed E-state index contributed by atoms with van der Waals surface area (Å²) in [5.74, 6) is 1.68. The van der Waals surface area contributed by atoms with E-state index in [1.807, 2.05) is 91.0 Å². The van der Waals surface area contributed by atoms with Crippen LogP contribution in [0, 0.1) is 0 Å². The van der Waals surface area contributed by atoms with Gasteiger partial charge in [0.1, 0.15) is 67.8 Å². The van der Waals surface area contributed by atoms with Gasteiger partial charge in [0.15, 0.2) is 0 Å². The Bertz CT molecular complexity index is 2290. The number of nitrogens with one attached hydrogen (secondary N) is 4. The van der Waals surface area contributed by atoms with E-state index in [1.165, 1.54) is 0 Å². The number of aliphatic hydroxyl groups excluding tert-OH is 3. The molecule has 4 aromatic carbocycles. The number of carbonyl (C=O) groups is 2. The molecule has 6 aromatic rings. The van der Waals surface area contributed by atoms with E-state index in [9.17, 15) is 24.9 Å². The number of furan rings is 2. The summed E-state index contributed by atoms with van der Waals surface area (Å²) in [6.07, 6.45) is 0.424. The zero-order valence-electron chi connectivity index (χ0n) is 39.1. The number of carbonyl (C=O) groups excluding carboxylic acids is 2. The van der Waals surface area contributed by atoms with Crippen molar-refractivity contribution in [2.45, 2.75) is 69.9 Å². The van der Waals surface area contributed by atoms with Gasteiger partial charge in [-0.05, 0) is 95.1 Å². The molecule has 0 aliphatic heterocycles. The van der Waals surface area contributed by atoms with E-state index in [-0.39, 0.29) is 52.6 Å². The van der Waals surface area contributed by atoms with Crippen molar-refractivity contribution in [3.05, 3.63) is 168 Å². The van der Waals surface area contributed by atoms with Crippen molar-refractivity contribution < 1.29 is 52.7 Å². The average Bonchev–Trinajstić information content (AvgIpc) is 4.08. The Morgan fingerprint density at radius 1 is 0.515 bits per heavy atom. The van der Waals surface area contributed by atoms with Gasteiger partial charge >= 0.3 is 11.9 Å². The van der Waals surface area contributed by atoms with Crippen molar-refractivity contribution in [2.24, 2.45) is 0 Å². The molecule has 0 spiro atoms. The smallest absolute Gasteiger partial charge is 0.320 e. The van der Waals surface area contributed by atoms with E-state index >= 15 is 0 Å². The first kappa shape index (κ1) is 50.8. The van der Waals surface area contributed by atoms with Crippen LogP contribution in [0.15, 0.2) is 143 Å². The van der Waals surface area contributed by atoms with Crippen LogP contribution in [-0.2, 0) is 43.0 Å². The summed E-state index contributed by atoms with van der Waals surface area (Å²) in [4.78, 5) is 24.2. The van der Waals surface area contributed by atoms with Crippen LogP contribution in [0.2, 0.25) is 0 Å². The highest BCUT2D eigenvalue weighted by Crippen LogP contribution is 2.36. The molecule has 68 heavy (non-hydrogen) atoms. The number of anilines is 2. The zero-order valence-corrected chi connectivity index (χ0v) is 39.1. The van der Waals surface area contributed by atoms with Crippen molar-refractivity contribution in [2.75, 3.05) is 63.2 Å². The highest BCUT2D eigenvalue weighted by atomic mass is 16.6. The molecule has 362 valence electrons. The van der Waals surface area contributed by atoms with Crippen molar-refractivity contribution >= 4 is 23.3 Å². The number of aliphatic hydroxyl groups is 3. The lowest BCUT2D eigenvalue weighted by molar-refractivity contribution is -0.146. The summed E-state index contributed by atoms with van der Waals surface area (Å²) in [6, 6.07) is 38.7. The number of rotatable bonds is 28. The van der Waals surface area contributed by atoms with Crippen molar-refractivity contribution in [3.63, 3.8) is 0 Å². The van der Waals surface area contributed by atoms with Gasteiger partial charge in [0.2, 0.25) is 0 Å². The molecule has 0 aliphatic rings. The van der Waals surface area contributed by atoms with E-state index in [2.05, 4.69) is 61.1 Å². The lowest BCUT2D eigenvalue weighted by atomic mass is 9.78. The minimum Gasteiger partial charge on any atom is -0.491 e. The van der Waals surface area contributed by atoms with Gasteiger partial charge in [-0.25, -0.2) is 0 Å². The molecule has 6 rings (SSSR count). The molecule has 0 amide bonds. The van der Waals surface area contributed by atoms with Crippen molar-refractivity contribution in [3.8, 4) is 11.5 Å². The molecule has 15 heteroatoms. The monoisotopic (exact) mass is 932 g/mol. The molecule has 3 atom stereocenters. The normalized spacial score (nSPS) is 13.0. The van der Waals surface area contributed by atoms with Gasteiger partial charge in [-0.15, -0.1) is 0 Å². The third-order valence-corrected chi connectivity index (χ3v) is 11.4. The molecule has 0 aliphatic carbocycles. The molecule has 0 bridgehead atoms. The van der Waals surface area contributed by atoms with Crippen LogP contribution in [0.1, 0.15) is 61.5 Å². The maximum absolute atomic E-state index is 12.1. The topological polar surface area (TPSA) is 206 Å². The molecular formula is C53H64N4O11. The quantitative estimate of drug-likeness (QED) is 0.0261. The van der Waals surface area contributed by atoms with Gasteiger partial charge in [-0.3, -0.25) is 20.2 Å². The Balaban J connectivity index is 0.925. The van der Waals surface area contributed by atoms with Gasteiger partial charge in [0.05, 0.1) is 38.7 Å². The molecule has 0 saturated heterocycles.